The van der Waals surface area contributed by atoms with Crippen molar-refractivity contribution in [3.05, 3.63) is 58.1 Å². The molecular formula is C20H21ClN2O. The van der Waals surface area contributed by atoms with E-state index in [1.807, 2.05) is 13.0 Å². The van der Waals surface area contributed by atoms with Crippen LogP contribution in [0.25, 0.3) is 0 Å². The standard InChI is InChI=1S/C20H21ClN2O/c1-12-16-9-8-15-18(22-13(2)23-19(15)21)20(16,11-10-17(12)24)14-6-4-3-5-7-14/h3-7,12,16H,8-11H2,1-2H3/t12-,16-,20+/m0/s1. The second-order valence-corrected chi connectivity index (χ2v) is 7.48. The van der Waals surface area contributed by atoms with Gasteiger partial charge in [0.1, 0.15) is 16.8 Å². The molecule has 0 aliphatic heterocycles. The van der Waals surface area contributed by atoms with E-state index in [1.54, 1.807) is 0 Å². The fraction of sp³-hybridized carbons (Fsp3) is 0.450. The molecule has 124 valence electrons. The number of Topliss-reactive ketones (excluding diaryl/α,β-unsaturated/α-hetero) is 1. The summed E-state index contributed by atoms with van der Waals surface area (Å²) in [5.74, 6) is 1.42. The number of aryl methyl sites for hydroxylation is 1. The maximum Gasteiger partial charge on any atom is 0.136 e. The van der Waals surface area contributed by atoms with Crippen LogP contribution in [0.2, 0.25) is 5.15 Å². The Hall–Kier alpha value is -1.74. The zero-order valence-electron chi connectivity index (χ0n) is 14.1. The minimum Gasteiger partial charge on any atom is -0.299 e. The van der Waals surface area contributed by atoms with Crippen molar-refractivity contribution in [2.75, 3.05) is 0 Å². The monoisotopic (exact) mass is 340 g/mol. The van der Waals surface area contributed by atoms with Crippen molar-refractivity contribution in [1.29, 1.82) is 0 Å². The van der Waals surface area contributed by atoms with Crippen LogP contribution in [-0.2, 0) is 16.6 Å². The molecule has 2 aliphatic rings. The number of aromatic nitrogens is 2. The number of ketones is 1. The number of carbonyl (C=O) groups is 1. The molecule has 0 N–H and O–H groups in total. The highest BCUT2D eigenvalue weighted by atomic mass is 35.5. The number of rotatable bonds is 1. The molecule has 0 saturated heterocycles. The Balaban J connectivity index is 2.02. The molecule has 1 heterocycles. The molecule has 0 amide bonds. The van der Waals surface area contributed by atoms with E-state index < -0.39 is 0 Å². The molecule has 24 heavy (non-hydrogen) atoms. The quantitative estimate of drug-likeness (QED) is 0.727. The molecule has 4 heteroatoms. The molecule has 3 atom stereocenters. The first kappa shape index (κ1) is 15.8. The van der Waals surface area contributed by atoms with Gasteiger partial charge in [0, 0.05) is 23.3 Å². The van der Waals surface area contributed by atoms with E-state index in [0.717, 1.165) is 30.5 Å². The van der Waals surface area contributed by atoms with Gasteiger partial charge in [-0.25, -0.2) is 9.97 Å². The van der Waals surface area contributed by atoms with Gasteiger partial charge in [0.2, 0.25) is 0 Å². The second-order valence-electron chi connectivity index (χ2n) is 7.13. The first-order valence-electron chi connectivity index (χ1n) is 8.66. The third kappa shape index (κ3) is 2.14. The molecule has 1 aromatic heterocycles. The van der Waals surface area contributed by atoms with Gasteiger partial charge in [-0.1, -0.05) is 48.9 Å². The predicted octanol–water partition coefficient (Wildman–Crippen LogP) is 4.29. The number of halogens is 1. The van der Waals surface area contributed by atoms with Crippen molar-refractivity contribution < 1.29 is 4.79 Å². The van der Waals surface area contributed by atoms with E-state index in [2.05, 4.69) is 36.2 Å². The van der Waals surface area contributed by atoms with Gasteiger partial charge in [-0.3, -0.25) is 4.79 Å². The first-order chi connectivity index (χ1) is 11.5. The lowest BCUT2D eigenvalue weighted by Gasteiger charge is -2.50. The number of hydrogen-bond acceptors (Lipinski definition) is 3. The van der Waals surface area contributed by atoms with E-state index in [1.165, 1.54) is 5.56 Å². The van der Waals surface area contributed by atoms with Crippen molar-refractivity contribution in [3.8, 4) is 0 Å². The van der Waals surface area contributed by atoms with Gasteiger partial charge in [-0.2, -0.15) is 0 Å². The minimum atomic E-state index is -0.223. The van der Waals surface area contributed by atoms with Crippen molar-refractivity contribution in [1.82, 2.24) is 9.97 Å². The summed E-state index contributed by atoms with van der Waals surface area (Å²) in [5, 5.41) is 0.579. The average molecular weight is 341 g/mol. The number of carbonyl (C=O) groups excluding carboxylic acids is 1. The topological polar surface area (TPSA) is 42.9 Å². The SMILES string of the molecule is Cc1nc(Cl)c2c(n1)[C@@]1(c3ccccc3)CCC(=O)[C@@H](C)[C@@H]1CC2. The van der Waals surface area contributed by atoms with Crippen LogP contribution in [0.1, 0.15) is 48.8 Å². The highest BCUT2D eigenvalue weighted by Gasteiger charge is 2.53. The Bertz CT molecular complexity index is 805. The summed E-state index contributed by atoms with van der Waals surface area (Å²) in [6.45, 7) is 3.98. The Morgan fingerprint density at radius 2 is 1.92 bits per heavy atom. The van der Waals surface area contributed by atoms with Gasteiger partial charge in [-0.05, 0) is 37.7 Å². The van der Waals surface area contributed by atoms with E-state index >= 15 is 0 Å². The normalized spacial score (nSPS) is 29.0. The summed E-state index contributed by atoms with van der Waals surface area (Å²) in [4.78, 5) is 21.6. The fourth-order valence-electron chi connectivity index (χ4n) is 4.86. The van der Waals surface area contributed by atoms with E-state index in [0.29, 0.717) is 23.2 Å². The maximum atomic E-state index is 12.4. The highest BCUT2D eigenvalue weighted by molar-refractivity contribution is 6.30. The molecule has 4 rings (SSSR count). The van der Waals surface area contributed by atoms with Crippen molar-refractivity contribution in [2.24, 2.45) is 11.8 Å². The molecule has 3 nitrogen and oxygen atoms in total. The van der Waals surface area contributed by atoms with E-state index in [-0.39, 0.29) is 17.3 Å². The van der Waals surface area contributed by atoms with Crippen LogP contribution in [0.3, 0.4) is 0 Å². The molecule has 0 spiro atoms. The lowest BCUT2D eigenvalue weighted by atomic mass is 9.53. The highest BCUT2D eigenvalue weighted by Crippen LogP contribution is 2.55. The van der Waals surface area contributed by atoms with Gasteiger partial charge >= 0.3 is 0 Å². The number of benzene rings is 1. The molecule has 2 aromatic rings. The molecule has 0 bridgehead atoms. The molecule has 1 aromatic carbocycles. The van der Waals surface area contributed by atoms with Crippen LogP contribution < -0.4 is 0 Å². The number of hydrogen-bond donors (Lipinski definition) is 0. The van der Waals surface area contributed by atoms with Crippen LogP contribution in [0.5, 0.6) is 0 Å². The predicted molar refractivity (Wildman–Crippen MR) is 94.2 cm³/mol. The Morgan fingerprint density at radius 1 is 1.17 bits per heavy atom. The zero-order chi connectivity index (χ0) is 16.9. The molecular weight excluding hydrogens is 320 g/mol. The lowest BCUT2D eigenvalue weighted by Crippen LogP contribution is -2.50. The van der Waals surface area contributed by atoms with Crippen LogP contribution in [0.4, 0.5) is 0 Å². The molecule has 1 saturated carbocycles. The van der Waals surface area contributed by atoms with Crippen LogP contribution >= 0.6 is 11.6 Å². The first-order valence-corrected chi connectivity index (χ1v) is 9.03. The molecule has 0 radical (unpaired) electrons. The summed E-state index contributed by atoms with van der Waals surface area (Å²) in [5.41, 5.74) is 3.16. The van der Waals surface area contributed by atoms with Crippen LogP contribution in [-0.4, -0.2) is 15.8 Å². The van der Waals surface area contributed by atoms with Crippen molar-refractivity contribution >= 4 is 17.4 Å². The van der Waals surface area contributed by atoms with Crippen LogP contribution in [0.15, 0.2) is 30.3 Å². The third-order valence-corrected chi connectivity index (χ3v) is 6.31. The maximum absolute atomic E-state index is 12.4. The molecule has 0 unspecified atom stereocenters. The van der Waals surface area contributed by atoms with Gasteiger partial charge in [0.05, 0.1) is 5.69 Å². The largest absolute Gasteiger partial charge is 0.299 e. The van der Waals surface area contributed by atoms with Crippen molar-refractivity contribution in [3.63, 3.8) is 0 Å². The smallest absolute Gasteiger partial charge is 0.136 e. The van der Waals surface area contributed by atoms with Gasteiger partial charge in [0.25, 0.3) is 0 Å². The number of fused-ring (bicyclic) bond motifs is 3. The van der Waals surface area contributed by atoms with Gasteiger partial charge in [-0.15, -0.1) is 0 Å². The Kier molecular flexibility index (Phi) is 3.72. The minimum absolute atomic E-state index is 0.0566. The summed E-state index contributed by atoms with van der Waals surface area (Å²) in [6, 6.07) is 10.5. The van der Waals surface area contributed by atoms with Gasteiger partial charge in [0.15, 0.2) is 0 Å². The van der Waals surface area contributed by atoms with Gasteiger partial charge < -0.3 is 0 Å². The summed E-state index contributed by atoms with van der Waals surface area (Å²) in [7, 11) is 0. The fourth-order valence-corrected chi connectivity index (χ4v) is 5.16. The molecule has 1 fully saturated rings. The summed E-state index contributed by atoms with van der Waals surface area (Å²) >= 11 is 6.48. The Labute approximate surface area is 147 Å². The van der Waals surface area contributed by atoms with E-state index in [9.17, 15) is 4.79 Å². The second kappa shape index (κ2) is 5.66. The molecule has 2 aliphatic carbocycles. The summed E-state index contributed by atoms with van der Waals surface area (Å²) < 4.78 is 0. The van der Waals surface area contributed by atoms with Crippen LogP contribution in [0, 0.1) is 18.8 Å². The van der Waals surface area contributed by atoms with Crippen molar-refractivity contribution in [2.45, 2.75) is 44.9 Å². The lowest BCUT2D eigenvalue weighted by molar-refractivity contribution is -0.128. The number of nitrogens with zero attached hydrogens (tertiary/aromatic N) is 2. The summed E-state index contributed by atoms with van der Waals surface area (Å²) in [6.07, 6.45) is 3.23. The average Bonchev–Trinajstić information content (AvgIpc) is 2.58. The third-order valence-electron chi connectivity index (χ3n) is 6.00. The van der Waals surface area contributed by atoms with E-state index in [4.69, 9.17) is 16.6 Å². The Morgan fingerprint density at radius 3 is 2.67 bits per heavy atom. The zero-order valence-corrected chi connectivity index (χ0v) is 14.8.